The summed E-state index contributed by atoms with van der Waals surface area (Å²) in [4.78, 5) is 7.84. The fourth-order valence-corrected chi connectivity index (χ4v) is 1.04. The van der Waals surface area contributed by atoms with Crippen molar-refractivity contribution in [3.63, 3.8) is 0 Å². The maximum atomic E-state index is 9.31. The van der Waals surface area contributed by atoms with Crippen LogP contribution in [-0.4, -0.2) is 41.4 Å². The molecule has 0 fully saturated rings. The predicted octanol–water partition coefficient (Wildman–Crippen LogP) is -0.427. The van der Waals surface area contributed by atoms with Crippen LogP contribution < -0.4 is 5.32 Å². The molecule has 1 heterocycles. The molecule has 1 atom stereocenters. The highest BCUT2D eigenvalue weighted by atomic mass is 16.5. The van der Waals surface area contributed by atoms with Gasteiger partial charge in [0.25, 0.3) is 0 Å². The third-order valence-electron chi connectivity index (χ3n) is 1.69. The Morgan fingerprint density at radius 1 is 1.64 bits per heavy atom. The van der Waals surface area contributed by atoms with Crippen molar-refractivity contribution in [2.75, 3.05) is 20.3 Å². The number of nitrogens with one attached hydrogen (secondary N) is 1. The van der Waals surface area contributed by atoms with Crippen molar-refractivity contribution >= 4 is 0 Å². The van der Waals surface area contributed by atoms with E-state index in [1.165, 1.54) is 6.33 Å². The van der Waals surface area contributed by atoms with Crippen molar-refractivity contribution in [3.05, 3.63) is 24.3 Å². The van der Waals surface area contributed by atoms with E-state index < -0.39 is 6.10 Å². The first-order chi connectivity index (χ1) is 6.83. The van der Waals surface area contributed by atoms with Gasteiger partial charge in [0.1, 0.15) is 6.33 Å². The van der Waals surface area contributed by atoms with E-state index in [4.69, 9.17) is 4.74 Å². The smallest absolute Gasteiger partial charge is 0.115 e. The summed E-state index contributed by atoms with van der Waals surface area (Å²) in [5, 5.41) is 12.4. The summed E-state index contributed by atoms with van der Waals surface area (Å²) in [6, 6.07) is 1.83. The Kier molecular flexibility index (Phi) is 5.06. The highest BCUT2D eigenvalue weighted by Gasteiger charge is 2.01. The lowest BCUT2D eigenvalue weighted by Gasteiger charge is -2.09. The lowest BCUT2D eigenvalue weighted by Crippen LogP contribution is -2.29. The molecule has 5 heteroatoms. The molecule has 0 bridgehead atoms. The van der Waals surface area contributed by atoms with Gasteiger partial charge in [-0.3, -0.25) is 0 Å². The highest BCUT2D eigenvalue weighted by molar-refractivity contribution is 4.96. The van der Waals surface area contributed by atoms with Gasteiger partial charge in [-0.25, -0.2) is 9.97 Å². The molecule has 5 nitrogen and oxygen atoms in total. The fourth-order valence-electron chi connectivity index (χ4n) is 1.04. The van der Waals surface area contributed by atoms with E-state index in [9.17, 15) is 5.11 Å². The van der Waals surface area contributed by atoms with Gasteiger partial charge in [-0.2, -0.15) is 0 Å². The molecule has 0 aromatic carbocycles. The Bertz CT molecular complexity index is 243. The van der Waals surface area contributed by atoms with Crippen LogP contribution in [0.5, 0.6) is 0 Å². The predicted molar refractivity (Wildman–Crippen MR) is 51.6 cm³/mol. The molecule has 0 aliphatic carbocycles. The van der Waals surface area contributed by atoms with E-state index in [0.29, 0.717) is 19.7 Å². The summed E-state index contributed by atoms with van der Waals surface area (Å²) in [7, 11) is 1.56. The van der Waals surface area contributed by atoms with E-state index in [1.807, 2.05) is 6.07 Å². The number of hydrogen-bond donors (Lipinski definition) is 2. The summed E-state index contributed by atoms with van der Waals surface area (Å²) in [5.74, 6) is 0. The molecule has 0 saturated carbocycles. The number of aliphatic hydroxyl groups excluding tert-OH is 1. The van der Waals surface area contributed by atoms with Gasteiger partial charge in [0.2, 0.25) is 0 Å². The van der Waals surface area contributed by atoms with Gasteiger partial charge < -0.3 is 15.2 Å². The van der Waals surface area contributed by atoms with Gasteiger partial charge in [-0.05, 0) is 6.07 Å². The molecule has 78 valence electrons. The van der Waals surface area contributed by atoms with Crippen molar-refractivity contribution in [1.29, 1.82) is 0 Å². The molecule has 0 aliphatic rings. The molecule has 1 aromatic heterocycles. The van der Waals surface area contributed by atoms with Gasteiger partial charge in [-0.15, -0.1) is 0 Å². The summed E-state index contributed by atoms with van der Waals surface area (Å²) >= 11 is 0. The minimum absolute atomic E-state index is 0.344. The Labute approximate surface area is 83.2 Å². The maximum Gasteiger partial charge on any atom is 0.115 e. The second kappa shape index (κ2) is 6.42. The van der Waals surface area contributed by atoms with Crippen LogP contribution in [0.2, 0.25) is 0 Å². The van der Waals surface area contributed by atoms with Crippen molar-refractivity contribution in [2.45, 2.75) is 12.6 Å². The summed E-state index contributed by atoms with van der Waals surface area (Å²) in [5.41, 5.74) is 0.907. The van der Waals surface area contributed by atoms with Crippen LogP contribution in [0.1, 0.15) is 5.69 Å². The Balaban J connectivity index is 2.16. The standard InChI is InChI=1S/C9H15N3O2/c1-14-6-9(13)5-11-4-8-2-3-10-7-12-8/h2-3,7,9,11,13H,4-6H2,1H3. The number of aromatic nitrogens is 2. The molecule has 0 saturated heterocycles. The zero-order chi connectivity index (χ0) is 10.2. The van der Waals surface area contributed by atoms with Crippen LogP contribution in [0.15, 0.2) is 18.6 Å². The lowest BCUT2D eigenvalue weighted by molar-refractivity contribution is 0.0643. The zero-order valence-corrected chi connectivity index (χ0v) is 8.18. The van der Waals surface area contributed by atoms with Gasteiger partial charge >= 0.3 is 0 Å². The largest absolute Gasteiger partial charge is 0.389 e. The van der Waals surface area contributed by atoms with E-state index in [2.05, 4.69) is 15.3 Å². The van der Waals surface area contributed by atoms with E-state index >= 15 is 0 Å². The lowest BCUT2D eigenvalue weighted by atomic mass is 10.3. The maximum absolute atomic E-state index is 9.31. The van der Waals surface area contributed by atoms with Crippen molar-refractivity contribution in [2.24, 2.45) is 0 Å². The highest BCUT2D eigenvalue weighted by Crippen LogP contribution is 1.90. The quantitative estimate of drug-likeness (QED) is 0.648. The SMILES string of the molecule is COCC(O)CNCc1ccncn1. The molecule has 0 radical (unpaired) electrons. The minimum Gasteiger partial charge on any atom is -0.389 e. The number of aliphatic hydroxyl groups is 1. The molecule has 14 heavy (non-hydrogen) atoms. The fraction of sp³-hybridized carbons (Fsp3) is 0.556. The van der Waals surface area contributed by atoms with Crippen LogP contribution >= 0.6 is 0 Å². The Hall–Kier alpha value is -1.04. The molecular weight excluding hydrogens is 182 g/mol. The van der Waals surface area contributed by atoms with Crippen LogP contribution in [0.25, 0.3) is 0 Å². The molecule has 0 aliphatic heterocycles. The average molecular weight is 197 g/mol. The molecule has 1 unspecified atom stereocenters. The first-order valence-corrected chi connectivity index (χ1v) is 4.45. The topological polar surface area (TPSA) is 67.3 Å². The number of ether oxygens (including phenoxy) is 1. The van der Waals surface area contributed by atoms with E-state index in [-0.39, 0.29) is 0 Å². The van der Waals surface area contributed by atoms with Crippen LogP contribution in [0.3, 0.4) is 0 Å². The number of hydrogen-bond acceptors (Lipinski definition) is 5. The normalized spacial score (nSPS) is 12.7. The molecule has 0 amide bonds. The van der Waals surface area contributed by atoms with Crippen LogP contribution in [0, 0.1) is 0 Å². The van der Waals surface area contributed by atoms with Gasteiger partial charge in [0.15, 0.2) is 0 Å². The summed E-state index contributed by atoms with van der Waals surface area (Å²) in [6.07, 6.45) is 2.72. The van der Waals surface area contributed by atoms with Gasteiger partial charge in [-0.1, -0.05) is 0 Å². The molecule has 0 spiro atoms. The Morgan fingerprint density at radius 3 is 3.14 bits per heavy atom. The second-order valence-electron chi connectivity index (χ2n) is 2.94. The monoisotopic (exact) mass is 197 g/mol. The Morgan fingerprint density at radius 2 is 2.50 bits per heavy atom. The van der Waals surface area contributed by atoms with Crippen molar-refractivity contribution in [3.8, 4) is 0 Å². The minimum atomic E-state index is -0.471. The van der Waals surface area contributed by atoms with Gasteiger partial charge in [0.05, 0.1) is 18.4 Å². The zero-order valence-electron chi connectivity index (χ0n) is 8.18. The molecule has 1 aromatic rings. The number of methoxy groups -OCH3 is 1. The molecule has 2 N–H and O–H groups in total. The third-order valence-corrected chi connectivity index (χ3v) is 1.69. The number of rotatable bonds is 6. The average Bonchev–Trinajstić information content (AvgIpc) is 2.20. The first kappa shape index (κ1) is 11.0. The third kappa shape index (κ3) is 4.27. The van der Waals surface area contributed by atoms with E-state index in [0.717, 1.165) is 5.69 Å². The van der Waals surface area contributed by atoms with Crippen LogP contribution in [0.4, 0.5) is 0 Å². The second-order valence-corrected chi connectivity index (χ2v) is 2.94. The van der Waals surface area contributed by atoms with E-state index in [1.54, 1.807) is 13.3 Å². The summed E-state index contributed by atoms with van der Waals surface area (Å²) < 4.78 is 4.79. The number of nitrogens with zero attached hydrogens (tertiary/aromatic N) is 2. The van der Waals surface area contributed by atoms with Gasteiger partial charge in [0, 0.05) is 26.4 Å². The van der Waals surface area contributed by atoms with Crippen molar-refractivity contribution in [1.82, 2.24) is 15.3 Å². The summed E-state index contributed by atoms with van der Waals surface area (Å²) in [6.45, 7) is 1.47. The first-order valence-electron chi connectivity index (χ1n) is 4.45. The van der Waals surface area contributed by atoms with Crippen LogP contribution in [-0.2, 0) is 11.3 Å². The van der Waals surface area contributed by atoms with Crippen molar-refractivity contribution < 1.29 is 9.84 Å². The molecular formula is C9H15N3O2. The molecule has 1 rings (SSSR count).